The van der Waals surface area contributed by atoms with Crippen LogP contribution in [-0.2, 0) is 9.59 Å². The van der Waals surface area contributed by atoms with Crippen molar-refractivity contribution in [1.29, 1.82) is 0 Å². The van der Waals surface area contributed by atoms with Gasteiger partial charge in [0.1, 0.15) is 12.1 Å². The Morgan fingerprint density at radius 2 is 1.41 bits per heavy atom. The summed E-state index contributed by atoms with van der Waals surface area (Å²) in [6.07, 6.45) is 1.74. The minimum atomic E-state index is -1.18. The molecule has 2 unspecified atom stereocenters. The van der Waals surface area contributed by atoms with E-state index in [0.29, 0.717) is 19.3 Å². The topological polar surface area (TPSA) is 167 Å². The fraction of sp³-hybridized carbons (Fsp3) is 0.778. The Hall–Kier alpha value is -1.22. The van der Waals surface area contributed by atoms with Crippen LogP contribution in [0.5, 0.6) is 0 Å². The largest absolute Gasteiger partial charge is 0.480 e. The third-order valence-electron chi connectivity index (χ3n) is 1.75. The summed E-state index contributed by atoms with van der Waals surface area (Å²) in [6, 6.07) is -1.90. The molecule has 0 heterocycles. The van der Waals surface area contributed by atoms with Gasteiger partial charge in [0.25, 0.3) is 0 Å². The predicted molar refractivity (Wildman–Crippen MR) is 59.2 cm³/mol. The molecular formula is C9H20N2O6. The molecule has 0 radical (unpaired) electrons. The van der Waals surface area contributed by atoms with Crippen molar-refractivity contribution in [3.05, 3.63) is 0 Å². The summed E-state index contributed by atoms with van der Waals surface area (Å²) in [5.74, 6) is -2.15. The van der Waals surface area contributed by atoms with Gasteiger partial charge in [-0.05, 0) is 19.3 Å². The molecule has 8 heteroatoms. The molecule has 0 fully saturated rings. The van der Waals surface area contributed by atoms with Gasteiger partial charge in [0.05, 0.1) is 6.61 Å². The molecule has 8 nitrogen and oxygen atoms in total. The van der Waals surface area contributed by atoms with Crippen LogP contribution in [0.2, 0.25) is 0 Å². The number of carboxylic acids is 2. The molecule has 0 aliphatic carbocycles. The number of nitrogens with two attached hydrogens (primary N) is 2. The van der Waals surface area contributed by atoms with Crippen LogP contribution in [0.4, 0.5) is 0 Å². The van der Waals surface area contributed by atoms with E-state index in [1.807, 2.05) is 0 Å². The van der Waals surface area contributed by atoms with Gasteiger partial charge in [-0.3, -0.25) is 9.59 Å². The summed E-state index contributed by atoms with van der Waals surface area (Å²) in [7, 11) is 0. The van der Waals surface area contributed by atoms with Gasteiger partial charge in [-0.1, -0.05) is 0 Å². The van der Waals surface area contributed by atoms with Gasteiger partial charge in [-0.25, -0.2) is 0 Å². The maximum atomic E-state index is 10.1. The fourth-order valence-corrected chi connectivity index (χ4v) is 0.678. The molecule has 2 atom stereocenters. The number of unbranched alkanes of at least 4 members (excludes halogenated alkanes) is 1. The van der Waals surface area contributed by atoms with Crippen molar-refractivity contribution < 1.29 is 30.0 Å². The number of aliphatic hydroxyl groups excluding tert-OH is 2. The minimum absolute atomic E-state index is 0.104. The highest BCUT2D eigenvalue weighted by Gasteiger charge is 2.09. The van der Waals surface area contributed by atoms with E-state index in [2.05, 4.69) is 0 Å². The summed E-state index contributed by atoms with van der Waals surface area (Å²) in [4.78, 5) is 19.8. The normalized spacial score (nSPS) is 13.2. The number of hydrogen-bond donors (Lipinski definition) is 6. The minimum Gasteiger partial charge on any atom is -0.480 e. The Morgan fingerprint density at radius 3 is 1.65 bits per heavy atom. The van der Waals surface area contributed by atoms with Gasteiger partial charge in [0.2, 0.25) is 0 Å². The fourth-order valence-electron chi connectivity index (χ4n) is 0.678. The lowest BCUT2D eigenvalue weighted by Crippen LogP contribution is -2.33. The van der Waals surface area contributed by atoms with Crippen LogP contribution in [0, 0.1) is 0 Å². The van der Waals surface area contributed by atoms with Crippen molar-refractivity contribution in [1.82, 2.24) is 0 Å². The first kappa shape index (κ1) is 18.2. The molecule has 102 valence electrons. The van der Waals surface area contributed by atoms with Gasteiger partial charge in [-0.15, -0.1) is 0 Å². The molecular weight excluding hydrogens is 232 g/mol. The van der Waals surface area contributed by atoms with Crippen LogP contribution >= 0.6 is 0 Å². The molecule has 0 saturated heterocycles. The summed E-state index contributed by atoms with van der Waals surface area (Å²) >= 11 is 0. The van der Waals surface area contributed by atoms with Crippen molar-refractivity contribution in [2.24, 2.45) is 11.5 Å². The molecule has 0 spiro atoms. The smallest absolute Gasteiger partial charge is 0.322 e. The number of rotatable bonds is 7. The van der Waals surface area contributed by atoms with E-state index in [-0.39, 0.29) is 6.61 Å². The Balaban J connectivity index is 0. The second-order valence-electron chi connectivity index (χ2n) is 3.29. The summed E-state index contributed by atoms with van der Waals surface area (Å²) in [5, 5.41) is 32.5. The molecule has 0 aliphatic rings. The van der Waals surface area contributed by atoms with E-state index >= 15 is 0 Å². The summed E-state index contributed by atoms with van der Waals surface area (Å²) in [5.41, 5.74) is 9.94. The molecule has 17 heavy (non-hydrogen) atoms. The highest BCUT2D eigenvalue weighted by molar-refractivity contribution is 5.73. The quantitative estimate of drug-likeness (QED) is 0.281. The van der Waals surface area contributed by atoms with E-state index < -0.39 is 30.6 Å². The standard InChI is InChI=1S/C6H13NO3.C3H7NO3/c7-5(6(9)10)3-1-2-4-8;4-2(1-5)3(6)7/h5,8H,1-4,7H2,(H,9,10);2,5H,1,4H2,(H,6,7). The van der Waals surface area contributed by atoms with Gasteiger partial charge >= 0.3 is 11.9 Å². The van der Waals surface area contributed by atoms with Crippen molar-refractivity contribution in [3.8, 4) is 0 Å². The lowest BCUT2D eigenvalue weighted by molar-refractivity contribution is -0.140. The van der Waals surface area contributed by atoms with E-state index in [4.69, 9.17) is 31.9 Å². The highest BCUT2D eigenvalue weighted by Crippen LogP contribution is 1.97. The Labute approximate surface area is 98.8 Å². The monoisotopic (exact) mass is 252 g/mol. The number of hydrogen-bond acceptors (Lipinski definition) is 6. The zero-order valence-electron chi connectivity index (χ0n) is 9.45. The van der Waals surface area contributed by atoms with Gasteiger partial charge in [-0.2, -0.15) is 0 Å². The van der Waals surface area contributed by atoms with Crippen LogP contribution in [0.15, 0.2) is 0 Å². The van der Waals surface area contributed by atoms with Crippen molar-refractivity contribution in [2.45, 2.75) is 31.3 Å². The highest BCUT2D eigenvalue weighted by atomic mass is 16.4. The first-order chi connectivity index (χ1) is 7.86. The number of carbonyl (C=O) groups is 2. The average molecular weight is 252 g/mol. The van der Waals surface area contributed by atoms with Crippen molar-refractivity contribution >= 4 is 11.9 Å². The zero-order chi connectivity index (χ0) is 13.8. The van der Waals surface area contributed by atoms with Gasteiger partial charge in [0.15, 0.2) is 0 Å². The van der Waals surface area contributed by atoms with E-state index in [9.17, 15) is 9.59 Å². The van der Waals surface area contributed by atoms with Crippen molar-refractivity contribution in [2.75, 3.05) is 13.2 Å². The molecule has 0 amide bonds. The molecule has 0 aromatic carbocycles. The van der Waals surface area contributed by atoms with Crippen LogP contribution in [0.3, 0.4) is 0 Å². The van der Waals surface area contributed by atoms with Crippen molar-refractivity contribution in [3.63, 3.8) is 0 Å². The first-order valence-corrected chi connectivity index (χ1v) is 5.05. The third-order valence-corrected chi connectivity index (χ3v) is 1.75. The number of aliphatic hydroxyl groups is 2. The average Bonchev–Trinajstić information content (AvgIpc) is 2.28. The zero-order valence-corrected chi connectivity index (χ0v) is 9.45. The second kappa shape index (κ2) is 11.3. The van der Waals surface area contributed by atoms with Crippen LogP contribution in [0.25, 0.3) is 0 Å². The van der Waals surface area contributed by atoms with E-state index in [1.54, 1.807) is 0 Å². The Morgan fingerprint density at radius 1 is 0.941 bits per heavy atom. The molecule has 0 rings (SSSR count). The van der Waals surface area contributed by atoms with Gasteiger partial charge in [0, 0.05) is 6.61 Å². The van der Waals surface area contributed by atoms with E-state index in [0.717, 1.165) is 0 Å². The molecule has 0 bridgehead atoms. The Kier molecular flexibility index (Phi) is 12.0. The maximum Gasteiger partial charge on any atom is 0.322 e. The molecule has 0 saturated carbocycles. The SMILES string of the molecule is NC(CCCCO)C(=O)O.NC(CO)C(=O)O. The number of carboxylic acid groups (broad SMARTS) is 2. The number of aliphatic carboxylic acids is 2. The second-order valence-corrected chi connectivity index (χ2v) is 3.29. The molecule has 0 aromatic rings. The van der Waals surface area contributed by atoms with Crippen LogP contribution < -0.4 is 11.5 Å². The van der Waals surface area contributed by atoms with Crippen LogP contribution in [-0.4, -0.2) is 57.7 Å². The summed E-state index contributed by atoms with van der Waals surface area (Å²) in [6.45, 7) is -0.401. The van der Waals surface area contributed by atoms with E-state index in [1.165, 1.54) is 0 Å². The van der Waals surface area contributed by atoms with Gasteiger partial charge < -0.3 is 31.9 Å². The maximum absolute atomic E-state index is 10.1. The Bertz CT molecular complexity index is 224. The molecule has 8 N–H and O–H groups in total. The summed E-state index contributed by atoms with van der Waals surface area (Å²) < 4.78 is 0. The first-order valence-electron chi connectivity index (χ1n) is 5.05. The molecule has 0 aromatic heterocycles. The molecule has 0 aliphatic heterocycles. The lowest BCUT2D eigenvalue weighted by atomic mass is 10.1. The lowest BCUT2D eigenvalue weighted by Gasteiger charge is -2.03. The van der Waals surface area contributed by atoms with Crippen LogP contribution in [0.1, 0.15) is 19.3 Å². The third kappa shape index (κ3) is 12.7. The predicted octanol–water partition coefficient (Wildman–Crippen LogP) is -2.05.